The van der Waals surface area contributed by atoms with Gasteiger partial charge in [0.1, 0.15) is 6.10 Å². The van der Waals surface area contributed by atoms with Crippen LogP contribution >= 0.6 is 0 Å². The third kappa shape index (κ3) is 1.92. The minimum atomic E-state index is -0.179. The first-order chi connectivity index (χ1) is 7.27. The molecule has 1 saturated heterocycles. The Balaban J connectivity index is 2.12. The van der Waals surface area contributed by atoms with Crippen molar-refractivity contribution in [2.75, 3.05) is 6.54 Å². The van der Waals surface area contributed by atoms with Gasteiger partial charge in [-0.2, -0.15) is 0 Å². The van der Waals surface area contributed by atoms with Gasteiger partial charge in [-0.1, -0.05) is 24.4 Å². The van der Waals surface area contributed by atoms with Gasteiger partial charge in [0.15, 0.2) is 0 Å². The molecule has 0 aromatic carbocycles. The summed E-state index contributed by atoms with van der Waals surface area (Å²) in [6.07, 6.45) is 5.95. The molecule has 2 rings (SSSR count). The number of esters is 1. The van der Waals surface area contributed by atoms with Crippen LogP contribution in [0.15, 0.2) is 5.11 Å². The highest BCUT2D eigenvalue weighted by atomic mass is 16.6. The summed E-state index contributed by atoms with van der Waals surface area (Å²) in [5.74, 6) is -0.130. The molecule has 0 amide bonds. The third-order valence-corrected chi connectivity index (χ3v) is 3.61. The first-order valence-corrected chi connectivity index (χ1v) is 5.47. The van der Waals surface area contributed by atoms with Gasteiger partial charge in [-0.15, -0.1) is 0 Å². The van der Waals surface area contributed by atoms with Crippen molar-refractivity contribution < 1.29 is 9.53 Å². The van der Waals surface area contributed by atoms with E-state index in [1.54, 1.807) is 0 Å². The van der Waals surface area contributed by atoms with E-state index in [9.17, 15) is 4.79 Å². The molecule has 0 N–H and O–H groups in total. The predicted octanol–water partition coefficient (Wildman–Crippen LogP) is 2.56. The largest absolute Gasteiger partial charge is 0.462 e. The van der Waals surface area contributed by atoms with Gasteiger partial charge in [-0.3, -0.25) is 4.79 Å². The van der Waals surface area contributed by atoms with E-state index in [2.05, 4.69) is 10.0 Å². The Hall–Kier alpha value is -1.22. The Labute approximate surface area is 88.4 Å². The lowest BCUT2D eigenvalue weighted by molar-refractivity contribution is -0.141. The minimum absolute atomic E-state index is 0.0243. The van der Waals surface area contributed by atoms with Crippen LogP contribution in [0.2, 0.25) is 0 Å². The molecule has 2 aliphatic rings. The molecule has 1 atom stereocenters. The molecular weight excluding hydrogens is 194 g/mol. The summed E-state index contributed by atoms with van der Waals surface area (Å²) >= 11 is 0. The lowest BCUT2D eigenvalue weighted by atomic mass is 9.69. The number of hydrogen-bond donors (Lipinski definition) is 0. The molecule has 2 fully saturated rings. The highest BCUT2D eigenvalue weighted by Gasteiger charge is 2.48. The molecule has 1 aliphatic heterocycles. The SMILES string of the molecule is [N-]=[N+]=NCC1OC(=O)CC12CCCCC2. The Morgan fingerprint density at radius 2 is 2.20 bits per heavy atom. The first kappa shape index (κ1) is 10.3. The number of cyclic esters (lactones) is 1. The maximum absolute atomic E-state index is 11.3. The molecule has 0 aromatic rings. The Morgan fingerprint density at radius 1 is 1.47 bits per heavy atom. The van der Waals surface area contributed by atoms with Crippen LogP contribution in [-0.4, -0.2) is 18.6 Å². The number of carbonyl (C=O) groups is 1. The molecule has 5 heteroatoms. The molecule has 0 radical (unpaired) electrons. The van der Waals surface area contributed by atoms with Crippen molar-refractivity contribution in [3.05, 3.63) is 10.4 Å². The number of rotatable bonds is 2. The molecule has 1 aliphatic carbocycles. The Kier molecular flexibility index (Phi) is 2.82. The number of azide groups is 1. The predicted molar refractivity (Wildman–Crippen MR) is 54.0 cm³/mol. The van der Waals surface area contributed by atoms with Crippen molar-refractivity contribution in [3.63, 3.8) is 0 Å². The van der Waals surface area contributed by atoms with Crippen LogP contribution in [0.4, 0.5) is 0 Å². The van der Waals surface area contributed by atoms with Crippen molar-refractivity contribution in [2.45, 2.75) is 44.6 Å². The second kappa shape index (κ2) is 4.11. The molecular formula is C10H15N3O2. The van der Waals surface area contributed by atoms with Crippen molar-refractivity contribution in [1.82, 2.24) is 0 Å². The molecule has 0 bridgehead atoms. The van der Waals surface area contributed by atoms with Gasteiger partial charge in [0.25, 0.3) is 0 Å². The highest BCUT2D eigenvalue weighted by molar-refractivity contribution is 5.73. The van der Waals surface area contributed by atoms with Crippen molar-refractivity contribution in [3.8, 4) is 0 Å². The van der Waals surface area contributed by atoms with Crippen LogP contribution in [0, 0.1) is 5.41 Å². The average molecular weight is 209 g/mol. The second-order valence-corrected chi connectivity index (χ2v) is 4.49. The van der Waals surface area contributed by atoms with Gasteiger partial charge in [0.2, 0.25) is 0 Å². The van der Waals surface area contributed by atoms with Crippen LogP contribution in [0.3, 0.4) is 0 Å². The zero-order valence-electron chi connectivity index (χ0n) is 8.69. The number of ether oxygens (including phenoxy) is 1. The lowest BCUT2D eigenvalue weighted by Gasteiger charge is -2.35. The molecule has 15 heavy (non-hydrogen) atoms. The summed E-state index contributed by atoms with van der Waals surface area (Å²) < 4.78 is 5.25. The first-order valence-electron chi connectivity index (χ1n) is 5.47. The summed E-state index contributed by atoms with van der Waals surface area (Å²) in [5, 5.41) is 3.54. The summed E-state index contributed by atoms with van der Waals surface area (Å²) in [4.78, 5) is 14.1. The van der Waals surface area contributed by atoms with Crippen LogP contribution in [0.5, 0.6) is 0 Å². The molecule has 1 spiro atoms. The van der Waals surface area contributed by atoms with Crippen LogP contribution in [0.1, 0.15) is 38.5 Å². The maximum Gasteiger partial charge on any atom is 0.306 e. The molecule has 82 valence electrons. The minimum Gasteiger partial charge on any atom is -0.462 e. The fourth-order valence-corrected chi connectivity index (χ4v) is 2.82. The van der Waals surface area contributed by atoms with Gasteiger partial charge in [-0.25, -0.2) is 0 Å². The van der Waals surface area contributed by atoms with Gasteiger partial charge in [0, 0.05) is 10.3 Å². The average Bonchev–Trinajstić information content (AvgIpc) is 2.53. The fourth-order valence-electron chi connectivity index (χ4n) is 2.82. The van der Waals surface area contributed by atoms with Gasteiger partial charge in [-0.05, 0) is 18.4 Å². The topological polar surface area (TPSA) is 75.1 Å². The summed E-state index contributed by atoms with van der Waals surface area (Å²) in [6, 6.07) is 0. The normalized spacial score (nSPS) is 28.5. The molecule has 0 aromatic heterocycles. The zero-order valence-corrected chi connectivity index (χ0v) is 8.69. The van der Waals surface area contributed by atoms with E-state index in [0.29, 0.717) is 13.0 Å². The Bertz CT molecular complexity index is 304. The molecule has 1 saturated carbocycles. The highest BCUT2D eigenvalue weighted by Crippen LogP contribution is 2.47. The molecule has 1 heterocycles. The molecule has 5 nitrogen and oxygen atoms in total. The van der Waals surface area contributed by atoms with E-state index in [1.807, 2.05) is 0 Å². The quantitative estimate of drug-likeness (QED) is 0.303. The number of nitrogens with zero attached hydrogens (tertiary/aromatic N) is 3. The summed E-state index contributed by atoms with van der Waals surface area (Å²) in [5.41, 5.74) is 8.27. The summed E-state index contributed by atoms with van der Waals surface area (Å²) in [6.45, 7) is 0.294. The fraction of sp³-hybridized carbons (Fsp3) is 0.900. The van der Waals surface area contributed by atoms with E-state index in [-0.39, 0.29) is 17.5 Å². The van der Waals surface area contributed by atoms with Gasteiger partial charge >= 0.3 is 5.97 Å². The monoisotopic (exact) mass is 209 g/mol. The Morgan fingerprint density at radius 3 is 2.87 bits per heavy atom. The van der Waals surface area contributed by atoms with Gasteiger partial charge < -0.3 is 4.74 Å². The third-order valence-electron chi connectivity index (χ3n) is 3.61. The van der Waals surface area contributed by atoms with E-state index < -0.39 is 0 Å². The zero-order chi connectivity index (χ0) is 10.7. The van der Waals surface area contributed by atoms with E-state index in [0.717, 1.165) is 25.7 Å². The smallest absolute Gasteiger partial charge is 0.306 e. The maximum atomic E-state index is 11.3. The van der Waals surface area contributed by atoms with E-state index in [1.165, 1.54) is 6.42 Å². The van der Waals surface area contributed by atoms with Crippen molar-refractivity contribution in [2.24, 2.45) is 10.5 Å². The van der Waals surface area contributed by atoms with Crippen LogP contribution in [0.25, 0.3) is 10.4 Å². The van der Waals surface area contributed by atoms with Gasteiger partial charge in [0.05, 0.1) is 13.0 Å². The van der Waals surface area contributed by atoms with Crippen LogP contribution in [-0.2, 0) is 9.53 Å². The number of carbonyl (C=O) groups excluding carboxylic acids is 1. The lowest BCUT2D eigenvalue weighted by Crippen LogP contribution is -2.35. The number of hydrogen-bond acceptors (Lipinski definition) is 3. The van der Waals surface area contributed by atoms with Crippen molar-refractivity contribution in [1.29, 1.82) is 0 Å². The van der Waals surface area contributed by atoms with Crippen LogP contribution < -0.4 is 0 Å². The molecule has 1 unspecified atom stereocenters. The van der Waals surface area contributed by atoms with E-state index >= 15 is 0 Å². The summed E-state index contributed by atoms with van der Waals surface area (Å²) in [7, 11) is 0. The second-order valence-electron chi connectivity index (χ2n) is 4.49. The standard InChI is InChI=1S/C10H15N3O2/c11-13-12-7-8-10(6-9(14)15-8)4-2-1-3-5-10/h8H,1-7H2. The van der Waals surface area contributed by atoms with E-state index in [4.69, 9.17) is 10.3 Å². The van der Waals surface area contributed by atoms with Crippen molar-refractivity contribution >= 4 is 5.97 Å².